The third kappa shape index (κ3) is 5.15. The Balaban J connectivity index is 0.00000243. The summed E-state index contributed by atoms with van der Waals surface area (Å²) in [7, 11) is 0. The number of aryl methyl sites for hydroxylation is 1. The summed E-state index contributed by atoms with van der Waals surface area (Å²) in [6, 6.07) is 13.8. The van der Waals surface area contributed by atoms with Crippen molar-refractivity contribution in [2.24, 2.45) is 0 Å². The molecular weight excluding hydrogens is 348 g/mol. The zero-order valence-electron chi connectivity index (χ0n) is 15.3. The van der Waals surface area contributed by atoms with Gasteiger partial charge >= 0.3 is 0 Å². The van der Waals surface area contributed by atoms with Crippen LogP contribution in [-0.2, 0) is 17.6 Å². The Bertz CT molecular complexity index is 761. The largest absolute Gasteiger partial charge is 0.491 e. The average molecular weight is 375 g/mol. The van der Waals surface area contributed by atoms with Gasteiger partial charge in [-0.2, -0.15) is 0 Å². The van der Waals surface area contributed by atoms with Crippen LogP contribution in [0.15, 0.2) is 42.5 Å². The number of anilines is 1. The van der Waals surface area contributed by atoms with Crippen molar-refractivity contribution in [1.82, 2.24) is 5.32 Å². The van der Waals surface area contributed by atoms with E-state index < -0.39 is 0 Å². The summed E-state index contributed by atoms with van der Waals surface area (Å²) in [5, 5.41) is 3.18. The first-order chi connectivity index (χ1) is 12.0. The Kier molecular flexibility index (Phi) is 6.92. The molecule has 4 nitrogen and oxygen atoms in total. The van der Waals surface area contributed by atoms with E-state index in [-0.39, 0.29) is 30.5 Å². The highest BCUT2D eigenvalue weighted by Gasteiger charge is 2.22. The van der Waals surface area contributed by atoms with Crippen LogP contribution in [0.25, 0.3) is 0 Å². The second kappa shape index (κ2) is 8.95. The summed E-state index contributed by atoms with van der Waals surface area (Å²) in [6.45, 7) is 3.99. The standard InChI is InChI=1S/C21H26N2O2.ClH/c1-14(2)25-18-7-3-5-15(11-18)12-21(24)23-20-8-4-6-16-13-17(22)9-10-19(16)20;/h3,5,7,9-11,13-14,20H,4,6,8,12,22H2,1-2H3,(H,23,24);1H. The lowest BCUT2D eigenvalue weighted by molar-refractivity contribution is -0.121. The van der Waals surface area contributed by atoms with Crippen LogP contribution in [0.2, 0.25) is 0 Å². The molecule has 2 aromatic rings. The van der Waals surface area contributed by atoms with Crippen LogP contribution in [0.4, 0.5) is 5.69 Å². The van der Waals surface area contributed by atoms with Gasteiger partial charge in [0.15, 0.2) is 0 Å². The van der Waals surface area contributed by atoms with Gasteiger partial charge < -0.3 is 15.8 Å². The molecule has 3 rings (SSSR count). The van der Waals surface area contributed by atoms with Crippen molar-refractivity contribution >= 4 is 24.0 Å². The topological polar surface area (TPSA) is 64.3 Å². The minimum atomic E-state index is 0. The van der Waals surface area contributed by atoms with E-state index >= 15 is 0 Å². The molecule has 0 aliphatic heterocycles. The number of nitrogen functional groups attached to an aromatic ring is 1. The lowest BCUT2D eigenvalue weighted by Gasteiger charge is -2.26. The van der Waals surface area contributed by atoms with Gasteiger partial charge in [-0.1, -0.05) is 18.2 Å². The van der Waals surface area contributed by atoms with Crippen molar-refractivity contribution in [3.05, 3.63) is 59.2 Å². The van der Waals surface area contributed by atoms with Crippen LogP contribution >= 0.6 is 12.4 Å². The van der Waals surface area contributed by atoms with Gasteiger partial charge in [0.2, 0.25) is 5.91 Å². The molecule has 26 heavy (non-hydrogen) atoms. The Morgan fingerprint density at radius 2 is 2.08 bits per heavy atom. The van der Waals surface area contributed by atoms with Crippen molar-refractivity contribution < 1.29 is 9.53 Å². The van der Waals surface area contributed by atoms with E-state index in [9.17, 15) is 4.79 Å². The summed E-state index contributed by atoms with van der Waals surface area (Å²) in [5.74, 6) is 0.843. The molecule has 140 valence electrons. The number of fused-ring (bicyclic) bond motifs is 1. The number of hydrogen-bond acceptors (Lipinski definition) is 3. The number of rotatable bonds is 5. The third-order valence-corrected chi connectivity index (χ3v) is 4.45. The van der Waals surface area contributed by atoms with Gasteiger partial charge in [-0.05, 0) is 74.1 Å². The van der Waals surface area contributed by atoms with Crippen LogP contribution in [-0.4, -0.2) is 12.0 Å². The van der Waals surface area contributed by atoms with E-state index in [1.54, 1.807) is 0 Å². The Labute approximate surface area is 161 Å². The molecule has 0 bridgehead atoms. The molecule has 0 heterocycles. The molecule has 0 spiro atoms. The van der Waals surface area contributed by atoms with Crippen molar-refractivity contribution in [1.29, 1.82) is 0 Å². The van der Waals surface area contributed by atoms with Gasteiger partial charge in [0.05, 0.1) is 18.6 Å². The molecular formula is C21H27ClN2O2. The van der Waals surface area contributed by atoms with E-state index in [1.807, 2.05) is 56.3 Å². The van der Waals surface area contributed by atoms with Crippen LogP contribution in [0.5, 0.6) is 5.75 Å². The highest BCUT2D eigenvalue weighted by Crippen LogP contribution is 2.31. The van der Waals surface area contributed by atoms with Crippen molar-refractivity contribution in [3.8, 4) is 5.75 Å². The Hall–Kier alpha value is -2.20. The number of nitrogens with two attached hydrogens (primary N) is 1. The highest BCUT2D eigenvalue weighted by atomic mass is 35.5. The van der Waals surface area contributed by atoms with Gasteiger partial charge in [0.25, 0.3) is 0 Å². The van der Waals surface area contributed by atoms with Gasteiger partial charge in [-0.3, -0.25) is 4.79 Å². The van der Waals surface area contributed by atoms with Crippen LogP contribution in [0.1, 0.15) is 49.4 Å². The number of halogens is 1. The van der Waals surface area contributed by atoms with Crippen molar-refractivity contribution in [2.75, 3.05) is 5.73 Å². The highest BCUT2D eigenvalue weighted by molar-refractivity contribution is 5.85. The monoisotopic (exact) mass is 374 g/mol. The predicted octanol–water partition coefficient (Wildman–Crippen LogP) is 4.21. The summed E-state index contributed by atoms with van der Waals surface area (Å²) in [6.07, 6.45) is 3.55. The number of hydrogen-bond donors (Lipinski definition) is 2. The van der Waals surface area contributed by atoms with Gasteiger partial charge in [0.1, 0.15) is 5.75 Å². The van der Waals surface area contributed by atoms with Crippen LogP contribution < -0.4 is 15.8 Å². The second-order valence-electron chi connectivity index (χ2n) is 6.96. The lowest BCUT2D eigenvalue weighted by atomic mass is 9.87. The molecule has 2 aromatic carbocycles. The molecule has 0 radical (unpaired) electrons. The molecule has 1 amide bonds. The first kappa shape index (κ1) is 20.1. The van der Waals surface area contributed by atoms with Gasteiger partial charge in [-0.15, -0.1) is 12.4 Å². The van der Waals surface area contributed by atoms with E-state index in [4.69, 9.17) is 10.5 Å². The second-order valence-corrected chi connectivity index (χ2v) is 6.96. The average Bonchev–Trinajstić information content (AvgIpc) is 2.54. The SMILES string of the molecule is CC(C)Oc1cccc(CC(=O)NC2CCCc3cc(N)ccc32)c1.Cl. The molecule has 0 saturated heterocycles. The Morgan fingerprint density at radius 1 is 1.27 bits per heavy atom. The quantitative estimate of drug-likeness (QED) is 0.770. The minimum absolute atomic E-state index is 0. The number of carbonyl (C=O) groups excluding carboxylic acids is 1. The zero-order valence-corrected chi connectivity index (χ0v) is 16.1. The first-order valence-electron chi connectivity index (χ1n) is 8.94. The lowest BCUT2D eigenvalue weighted by Crippen LogP contribution is -2.32. The Morgan fingerprint density at radius 3 is 2.85 bits per heavy atom. The molecule has 3 N–H and O–H groups in total. The van der Waals surface area contributed by atoms with Crippen molar-refractivity contribution in [3.63, 3.8) is 0 Å². The minimum Gasteiger partial charge on any atom is -0.491 e. The molecule has 1 aliphatic carbocycles. The maximum Gasteiger partial charge on any atom is 0.224 e. The van der Waals surface area contributed by atoms with Crippen LogP contribution in [0, 0.1) is 0 Å². The van der Waals surface area contributed by atoms with Crippen LogP contribution in [0.3, 0.4) is 0 Å². The molecule has 1 unspecified atom stereocenters. The van der Waals surface area contributed by atoms with Crippen molar-refractivity contribution in [2.45, 2.75) is 51.7 Å². The van der Waals surface area contributed by atoms with E-state index in [1.165, 1.54) is 11.1 Å². The van der Waals surface area contributed by atoms with Gasteiger partial charge in [-0.25, -0.2) is 0 Å². The molecule has 0 fully saturated rings. The maximum atomic E-state index is 12.5. The van der Waals surface area contributed by atoms with E-state index in [0.29, 0.717) is 6.42 Å². The van der Waals surface area contributed by atoms with E-state index in [2.05, 4.69) is 5.32 Å². The number of amides is 1. The molecule has 0 aromatic heterocycles. The summed E-state index contributed by atoms with van der Waals surface area (Å²) in [4.78, 5) is 12.5. The summed E-state index contributed by atoms with van der Waals surface area (Å²) in [5.41, 5.74) is 10.1. The summed E-state index contributed by atoms with van der Waals surface area (Å²) >= 11 is 0. The zero-order chi connectivity index (χ0) is 17.8. The summed E-state index contributed by atoms with van der Waals surface area (Å²) < 4.78 is 5.70. The molecule has 1 aliphatic rings. The molecule has 5 heteroatoms. The number of nitrogens with one attached hydrogen (secondary N) is 1. The van der Waals surface area contributed by atoms with E-state index in [0.717, 1.165) is 36.3 Å². The maximum absolute atomic E-state index is 12.5. The predicted molar refractivity (Wildman–Crippen MR) is 108 cm³/mol. The smallest absolute Gasteiger partial charge is 0.224 e. The fraction of sp³-hybridized carbons (Fsp3) is 0.381. The fourth-order valence-corrected chi connectivity index (χ4v) is 3.42. The number of carbonyl (C=O) groups is 1. The fourth-order valence-electron chi connectivity index (χ4n) is 3.42. The third-order valence-electron chi connectivity index (χ3n) is 4.45. The number of benzene rings is 2. The molecule has 1 atom stereocenters. The number of ether oxygens (including phenoxy) is 1. The first-order valence-corrected chi connectivity index (χ1v) is 8.94. The normalized spacial score (nSPS) is 15.7. The molecule has 0 saturated carbocycles. The van der Waals surface area contributed by atoms with Gasteiger partial charge in [0, 0.05) is 5.69 Å².